The fourth-order valence-electron chi connectivity index (χ4n) is 2.57. The minimum atomic E-state index is 0.408. The van der Waals surface area contributed by atoms with Crippen molar-refractivity contribution in [2.45, 2.75) is 64.8 Å². The van der Waals surface area contributed by atoms with Crippen LogP contribution in [-0.2, 0) is 4.79 Å². The van der Waals surface area contributed by atoms with Crippen molar-refractivity contribution < 1.29 is 4.79 Å². The predicted octanol–water partition coefficient (Wildman–Crippen LogP) is 3.26. The van der Waals surface area contributed by atoms with Gasteiger partial charge in [-0.1, -0.05) is 13.8 Å². The lowest BCUT2D eigenvalue weighted by molar-refractivity contribution is -0.118. The number of carbonyl (C=O) groups excluding carboxylic acids is 1. The third-order valence-corrected chi connectivity index (χ3v) is 3.97. The molecule has 2 heteroatoms. The topological polar surface area (TPSA) is 20.3 Å². The van der Waals surface area contributed by atoms with Crippen molar-refractivity contribution in [3.8, 4) is 0 Å². The molecule has 1 saturated carbocycles. The lowest BCUT2D eigenvalue weighted by atomic mass is 9.87. The second-order valence-corrected chi connectivity index (χ2v) is 5.39. The molecule has 0 heterocycles. The van der Waals surface area contributed by atoms with Crippen LogP contribution >= 0.6 is 0 Å². The SMILES string of the molecule is CCC(=O)CCCN(C)C1CCC(C)CC1. The zero-order valence-corrected chi connectivity index (χ0v) is 11.2. The van der Waals surface area contributed by atoms with E-state index in [1.54, 1.807) is 0 Å². The van der Waals surface area contributed by atoms with E-state index >= 15 is 0 Å². The molecule has 0 saturated heterocycles. The van der Waals surface area contributed by atoms with Gasteiger partial charge in [-0.25, -0.2) is 0 Å². The van der Waals surface area contributed by atoms with Crippen LogP contribution in [0.3, 0.4) is 0 Å². The van der Waals surface area contributed by atoms with E-state index in [2.05, 4.69) is 18.9 Å². The average Bonchev–Trinajstić information content (AvgIpc) is 2.29. The van der Waals surface area contributed by atoms with Crippen LogP contribution in [0.25, 0.3) is 0 Å². The van der Waals surface area contributed by atoms with Crippen LogP contribution in [0.4, 0.5) is 0 Å². The van der Waals surface area contributed by atoms with Crippen LogP contribution in [-0.4, -0.2) is 30.3 Å². The molecule has 0 aliphatic heterocycles. The molecular weight excluding hydrogens is 198 g/mol. The third kappa shape index (κ3) is 4.65. The Morgan fingerprint density at radius 1 is 1.25 bits per heavy atom. The molecule has 0 radical (unpaired) electrons. The molecule has 0 aromatic heterocycles. The first-order valence-corrected chi connectivity index (χ1v) is 6.85. The van der Waals surface area contributed by atoms with Gasteiger partial charge in [-0.05, 0) is 51.6 Å². The molecule has 0 atom stereocenters. The number of hydrogen-bond donors (Lipinski definition) is 0. The number of ketones is 1. The molecule has 0 unspecified atom stereocenters. The summed E-state index contributed by atoms with van der Waals surface area (Å²) in [4.78, 5) is 13.7. The molecule has 0 amide bonds. The van der Waals surface area contributed by atoms with E-state index in [0.29, 0.717) is 12.2 Å². The van der Waals surface area contributed by atoms with E-state index in [-0.39, 0.29) is 0 Å². The van der Waals surface area contributed by atoms with Crippen molar-refractivity contribution in [1.29, 1.82) is 0 Å². The van der Waals surface area contributed by atoms with Gasteiger partial charge in [0.1, 0.15) is 5.78 Å². The van der Waals surface area contributed by atoms with Gasteiger partial charge in [-0.3, -0.25) is 4.79 Å². The van der Waals surface area contributed by atoms with Gasteiger partial charge >= 0.3 is 0 Å². The lowest BCUT2D eigenvalue weighted by Crippen LogP contribution is -2.35. The summed E-state index contributed by atoms with van der Waals surface area (Å²) in [6.07, 6.45) is 7.95. The highest BCUT2D eigenvalue weighted by Gasteiger charge is 2.21. The summed E-state index contributed by atoms with van der Waals surface area (Å²) in [6.45, 7) is 5.40. The maximum atomic E-state index is 11.2. The summed E-state index contributed by atoms with van der Waals surface area (Å²) in [7, 11) is 2.22. The summed E-state index contributed by atoms with van der Waals surface area (Å²) in [5.74, 6) is 1.33. The van der Waals surface area contributed by atoms with Crippen LogP contribution < -0.4 is 0 Å². The molecule has 0 bridgehead atoms. The Morgan fingerprint density at radius 2 is 1.88 bits per heavy atom. The van der Waals surface area contributed by atoms with Crippen LogP contribution in [0.15, 0.2) is 0 Å². The van der Waals surface area contributed by atoms with Crippen LogP contribution in [0.1, 0.15) is 58.8 Å². The van der Waals surface area contributed by atoms with Gasteiger partial charge < -0.3 is 4.90 Å². The van der Waals surface area contributed by atoms with Gasteiger partial charge in [-0.15, -0.1) is 0 Å². The lowest BCUT2D eigenvalue weighted by Gasteiger charge is -2.33. The number of Topliss-reactive ketones (excluding diaryl/α,β-unsaturated/α-hetero) is 1. The van der Waals surface area contributed by atoms with E-state index in [9.17, 15) is 4.79 Å². The molecule has 94 valence electrons. The molecular formula is C14H27NO. The third-order valence-electron chi connectivity index (χ3n) is 3.97. The van der Waals surface area contributed by atoms with Gasteiger partial charge in [0.05, 0.1) is 0 Å². The Hall–Kier alpha value is -0.370. The fourth-order valence-corrected chi connectivity index (χ4v) is 2.57. The highest BCUT2D eigenvalue weighted by Crippen LogP contribution is 2.26. The number of carbonyl (C=O) groups is 1. The van der Waals surface area contributed by atoms with Gasteiger partial charge in [0.25, 0.3) is 0 Å². The first kappa shape index (κ1) is 13.7. The highest BCUT2D eigenvalue weighted by atomic mass is 16.1. The number of nitrogens with zero attached hydrogens (tertiary/aromatic N) is 1. The number of rotatable bonds is 6. The molecule has 2 nitrogen and oxygen atoms in total. The Morgan fingerprint density at radius 3 is 2.44 bits per heavy atom. The zero-order valence-electron chi connectivity index (χ0n) is 11.2. The molecule has 0 aromatic carbocycles. The van der Waals surface area contributed by atoms with Crippen molar-refractivity contribution in [2.75, 3.05) is 13.6 Å². The predicted molar refractivity (Wildman–Crippen MR) is 68.6 cm³/mol. The van der Waals surface area contributed by atoms with Crippen molar-refractivity contribution in [3.63, 3.8) is 0 Å². The van der Waals surface area contributed by atoms with Crippen LogP contribution in [0.5, 0.6) is 0 Å². The van der Waals surface area contributed by atoms with Gasteiger partial charge in [0.2, 0.25) is 0 Å². The van der Waals surface area contributed by atoms with Gasteiger partial charge in [0.15, 0.2) is 0 Å². The van der Waals surface area contributed by atoms with Gasteiger partial charge in [0, 0.05) is 18.9 Å². The monoisotopic (exact) mass is 225 g/mol. The summed E-state index contributed by atoms with van der Waals surface area (Å²) >= 11 is 0. The Labute approximate surface area is 100 Å². The van der Waals surface area contributed by atoms with E-state index in [0.717, 1.165) is 31.3 Å². The summed E-state index contributed by atoms with van der Waals surface area (Å²) in [5.41, 5.74) is 0. The molecule has 1 aliphatic carbocycles. The molecule has 1 aliphatic rings. The largest absolute Gasteiger partial charge is 0.303 e. The molecule has 16 heavy (non-hydrogen) atoms. The molecule has 1 rings (SSSR count). The number of hydrogen-bond acceptors (Lipinski definition) is 2. The average molecular weight is 225 g/mol. The zero-order chi connectivity index (χ0) is 12.0. The first-order valence-electron chi connectivity index (χ1n) is 6.85. The van der Waals surface area contributed by atoms with E-state index in [1.165, 1.54) is 25.7 Å². The summed E-state index contributed by atoms with van der Waals surface area (Å²) < 4.78 is 0. The summed E-state index contributed by atoms with van der Waals surface area (Å²) in [5, 5.41) is 0. The molecule has 1 fully saturated rings. The summed E-state index contributed by atoms with van der Waals surface area (Å²) in [6, 6.07) is 0.771. The van der Waals surface area contributed by atoms with E-state index in [4.69, 9.17) is 0 Å². The minimum absolute atomic E-state index is 0.408. The Balaban J connectivity index is 2.14. The highest BCUT2D eigenvalue weighted by molar-refractivity contribution is 5.77. The van der Waals surface area contributed by atoms with E-state index in [1.807, 2.05) is 6.92 Å². The molecule has 0 N–H and O–H groups in total. The van der Waals surface area contributed by atoms with Crippen molar-refractivity contribution in [2.24, 2.45) is 5.92 Å². The molecule has 0 spiro atoms. The van der Waals surface area contributed by atoms with Gasteiger partial charge in [-0.2, -0.15) is 0 Å². The normalized spacial score (nSPS) is 26.0. The van der Waals surface area contributed by atoms with Crippen molar-refractivity contribution >= 4 is 5.78 Å². The van der Waals surface area contributed by atoms with Crippen molar-refractivity contribution in [1.82, 2.24) is 4.90 Å². The second-order valence-electron chi connectivity index (χ2n) is 5.39. The Kier molecular flexibility index (Phi) is 6.04. The van der Waals surface area contributed by atoms with Crippen LogP contribution in [0.2, 0.25) is 0 Å². The smallest absolute Gasteiger partial charge is 0.132 e. The standard InChI is InChI=1S/C14H27NO/c1-4-14(16)6-5-11-15(3)13-9-7-12(2)8-10-13/h12-13H,4-11H2,1-3H3. The minimum Gasteiger partial charge on any atom is -0.303 e. The Bertz CT molecular complexity index is 207. The first-order chi connectivity index (χ1) is 7.63. The van der Waals surface area contributed by atoms with E-state index < -0.39 is 0 Å². The molecule has 0 aromatic rings. The maximum absolute atomic E-state index is 11.2. The second kappa shape index (κ2) is 7.05. The fraction of sp³-hybridized carbons (Fsp3) is 0.929. The quantitative estimate of drug-likeness (QED) is 0.691. The van der Waals surface area contributed by atoms with Crippen LogP contribution in [0, 0.1) is 5.92 Å². The maximum Gasteiger partial charge on any atom is 0.132 e. The van der Waals surface area contributed by atoms with Crippen molar-refractivity contribution in [3.05, 3.63) is 0 Å².